The van der Waals surface area contributed by atoms with E-state index < -0.39 is 0 Å². The van der Waals surface area contributed by atoms with Crippen molar-refractivity contribution in [2.24, 2.45) is 0 Å². The second kappa shape index (κ2) is 16.2. The van der Waals surface area contributed by atoms with Crippen LogP contribution in [0.25, 0.3) is 11.1 Å². The molecule has 8 aliphatic rings. The van der Waals surface area contributed by atoms with E-state index in [0.29, 0.717) is 0 Å². The minimum atomic E-state index is -0.156. The number of rotatable bonds is 3. The second-order valence-corrected chi connectivity index (χ2v) is 33.0. The topological polar surface area (TPSA) is 9.72 Å². The molecule has 82 heavy (non-hydrogen) atoms. The third-order valence-corrected chi connectivity index (χ3v) is 23.7. The van der Waals surface area contributed by atoms with Crippen LogP contribution in [0.4, 0.5) is 45.5 Å². The Kier molecular flexibility index (Phi) is 10.5. The fraction of sp³-hybridized carbons (Fsp3) is 0.462. The molecule has 5 aliphatic carbocycles. The molecular weight excluding hydrogens is 990 g/mol. The van der Waals surface area contributed by atoms with E-state index in [-0.39, 0.29) is 55.6 Å². The molecule has 2 atom stereocenters. The van der Waals surface area contributed by atoms with Crippen LogP contribution >= 0.6 is 0 Å². The largest absolute Gasteiger partial charge is 0.334 e. The molecule has 0 spiro atoms. The van der Waals surface area contributed by atoms with Crippen LogP contribution in [-0.2, 0) is 49.7 Å². The van der Waals surface area contributed by atoms with Crippen molar-refractivity contribution in [3.63, 3.8) is 0 Å². The third-order valence-electron chi connectivity index (χ3n) is 23.7. The predicted octanol–water partition coefficient (Wildman–Crippen LogP) is 19.0. The van der Waals surface area contributed by atoms with Crippen molar-refractivity contribution in [3.8, 4) is 11.1 Å². The Morgan fingerprint density at radius 1 is 0.427 bits per heavy atom. The Hall–Kier alpha value is -6.00. The molecule has 0 bridgehead atoms. The Morgan fingerprint density at radius 3 is 1.55 bits per heavy atom. The Balaban J connectivity index is 1.13. The van der Waals surface area contributed by atoms with Gasteiger partial charge >= 0.3 is 0 Å². The van der Waals surface area contributed by atoms with Crippen LogP contribution < -0.4 is 31.1 Å². The molecule has 4 heteroatoms. The summed E-state index contributed by atoms with van der Waals surface area (Å²) in [5, 5.41) is 0. The SMILES string of the molecule is Cc1cc2c(cc1N1c3cc4c(cc3B3c5cc6c(cc5N(c5cccc7c5-c5ccccc5C7)c5cc(N7c8ccc(C(C)(C)C)cc8C8(C)CCCCC78C)cc1c53)C(C)(C)CC6(C)C)C(C)(C)CCC4(C)C)C(C)(C)CC2(C)C. The van der Waals surface area contributed by atoms with Crippen molar-refractivity contribution >= 4 is 68.6 Å². The summed E-state index contributed by atoms with van der Waals surface area (Å²) >= 11 is 0. The van der Waals surface area contributed by atoms with Gasteiger partial charge in [-0.1, -0.05) is 190 Å². The highest BCUT2D eigenvalue weighted by Crippen LogP contribution is 2.64. The van der Waals surface area contributed by atoms with Gasteiger partial charge in [0.05, 0.1) is 11.2 Å². The van der Waals surface area contributed by atoms with Crippen LogP contribution in [0.5, 0.6) is 0 Å². The zero-order chi connectivity index (χ0) is 57.8. The molecule has 2 unspecified atom stereocenters. The molecule has 3 heterocycles. The standard InChI is InChI=1S/C78H90BN3/c1-46-34-52-56(75(13,14)44-73(52,9)10)41-63(46)81-65-42-55-53(71(5,6)32-33-72(55,7)8)39-59(65)79-60-40-54-57(76(15,16)45-74(54,11)12)43-64(60)80(62-27-23-25-48-35-47-24-19-20-26-51(47)68(48)62)66-37-50(38-67(81)69(66)79)82-61-29-28-49(70(2,3)4)36-58(61)77(17)30-21-22-31-78(77,82)18/h19-20,23-29,34,36-43H,21-22,30-33,35,44-45H2,1-18H3. The fourth-order valence-corrected chi connectivity index (χ4v) is 19.5. The van der Waals surface area contributed by atoms with E-state index >= 15 is 0 Å². The molecule has 3 nitrogen and oxygen atoms in total. The first-order valence-corrected chi connectivity index (χ1v) is 31.8. The van der Waals surface area contributed by atoms with Crippen LogP contribution in [-0.4, -0.2) is 12.3 Å². The maximum Gasteiger partial charge on any atom is 0.252 e. The zero-order valence-corrected chi connectivity index (χ0v) is 53.2. The zero-order valence-electron chi connectivity index (χ0n) is 53.2. The number of aryl methyl sites for hydroxylation is 1. The van der Waals surface area contributed by atoms with Gasteiger partial charge in [-0.15, -0.1) is 0 Å². The van der Waals surface area contributed by atoms with Gasteiger partial charge in [0.15, 0.2) is 0 Å². The van der Waals surface area contributed by atoms with Crippen LogP contribution in [0.3, 0.4) is 0 Å². The lowest BCUT2D eigenvalue weighted by molar-refractivity contribution is 0.195. The normalized spacial score (nSPS) is 24.4. The highest BCUT2D eigenvalue weighted by molar-refractivity contribution is 7.00. The molecule has 420 valence electrons. The smallest absolute Gasteiger partial charge is 0.252 e. The summed E-state index contributed by atoms with van der Waals surface area (Å²) in [6, 6.07) is 45.9. The molecule has 0 aromatic heterocycles. The fourth-order valence-electron chi connectivity index (χ4n) is 19.5. The first-order valence-electron chi connectivity index (χ1n) is 31.8. The van der Waals surface area contributed by atoms with Crippen LogP contribution in [0.15, 0.2) is 109 Å². The molecule has 1 saturated carbocycles. The van der Waals surface area contributed by atoms with Crippen molar-refractivity contribution in [1.82, 2.24) is 0 Å². The van der Waals surface area contributed by atoms with E-state index in [4.69, 9.17) is 0 Å². The van der Waals surface area contributed by atoms with Crippen LogP contribution in [0.1, 0.15) is 230 Å². The number of fused-ring (bicyclic) bond motifs is 13. The molecular formula is C78H90BN3. The number of benzene rings is 7. The lowest BCUT2D eigenvalue weighted by atomic mass is 9.33. The summed E-state index contributed by atoms with van der Waals surface area (Å²) in [6.45, 7) is 45.1. The Morgan fingerprint density at radius 2 is 0.939 bits per heavy atom. The average molecular weight is 1080 g/mol. The number of nitrogens with zero attached hydrogens (tertiary/aromatic N) is 3. The second-order valence-electron chi connectivity index (χ2n) is 33.0. The number of hydrogen-bond acceptors (Lipinski definition) is 3. The lowest BCUT2D eigenvalue weighted by Crippen LogP contribution is -2.62. The van der Waals surface area contributed by atoms with Gasteiger partial charge in [-0.25, -0.2) is 0 Å². The third kappa shape index (κ3) is 6.90. The minimum Gasteiger partial charge on any atom is -0.334 e. The summed E-state index contributed by atoms with van der Waals surface area (Å²) in [5.41, 5.74) is 34.1. The van der Waals surface area contributed by atoms with Gasteiger partial charge in [0, 0.05) is 50.8 Å². The molecule has 1 fully saturated rings. The maximum absolute atomic E-state index is 2.90. The molecule has 0 N–H and O–H groups in total. The van der Waals surface area contributed by atoms with E-state index in [9.17, 15) is 0 Å². The number of anilines is 8. The molecule has 7 aromatic rings. The van der Waals surface area contributed by atoms with Gasteiger partial charge in [-0.3, -0.25) is 0 Å². The van der Waals surface area contributed by atoms with E-state index in [2.05, 4.69) is 249 Å². The Bertz CT molecular complexity index is 3980. The van der Waals surface area contributed by atoms with Gasteiger partial charge < -0.3 is 14.7 Å². The van der Waals surface area contributed by atoms with Crippen LogP contribution in [0, 0.1) is 6.92 Å². The van der Waals surface area contributed by atoms with E-state index in [0.717, 1.165) is 25.7 Å². The molecule has 15 rings (SSSR count). The van der Waals surface area contributed by atoms with Crippen molar-refractivity contribution in [2.45, 2.75) is 231 Å². The molecule has 0 radical (unpaired) electrons. The average Bonchev–Trinajstić information content (AvgIpc) is 1.23. The van der Waals surface area contributed by atoms with Crippen molar-refractivity contribution < 1.29 is 0 Å². The maximum atomic E-state index is 2.90. The summed E-state index contributed by atoms with van der Waals surface area (Å²) < 4.78 is 0. The first-order chi connectivity index (χ1) is 38.4. The van der Waals surface area contributed by atoms with Crippen molar-refractivity contribution in [2.75, 3.05) is 14.7 Å². The minimum absolute atomic E-state index is 0.00241. The lowest BCUT2D eigenvalue weighted by Gasteiger charge is -2.51. The molecule has 0 saturated heterocycles. The van der Waals surface area contributed by atoms with E-state index in [1.165, 1.54) is 166 Å². The quantitative estimate of drug-likeness (QED) is 0.163. The van der Waals surface area contributed by atoms with Crippen LogP contribution in [0.2, 0.25) is 0 Å². The monoisotopic (exact) mass is 1080 g/mol. The van der Waals surface area contributed by atoms with E-state index in [1.54, 1.807) is 0 Å². The first kappa shape index (κ1) is 52.8. The summed E-state index contributed by atoms with van der Waals surface area (Å²) in [4.78, 5) is 8.58. The van der Waals surface area contributed by atoms with Gasteiger partial charge in [-0.05, 0) is 222 Å². The summed E-state index contributed by atoms with van der Waals surface area (Å²) in [6.07, 6.45) is 10.4. The summed E-state index contributed by atoms with van der Waals surface area (Å²) in [5.74, 6) is 0. The molecule has 7 aromatic carbocycles. The molecule has 3 aliphatic heterocycles. The molecule has 0 amide bonds. The highest BCUT2D eigenvalue weighted by Gasteiger charge is 2.59. The Labute approximate surface area is 493 Å². The van der Waals surface area contributed by atoms with Crippen molar-refractivity contribution in [3.05, 3.63) is 170 Å². The van der Waals surface area contributed by atoms with Gasteiger partial charge in [0.2, 0.25) is 0 Å². The van der Waals surface area contributed by atoms with Gasteiger partial charge in [0.1, 0.15) is 0 Å². The van der Waals surface area contributed by atoms with Gasteiger partial charge in [-0.2, -0.15) is 0 Å². The summed E-state index contributed by atoms with van der Waals surface area (Å²) in [7, 11) is 0. The number of hydrogen-bond donors (Lipinski definition) is 0. The van der Waals surface area contributed by atoms with Crippen molar-refractivity contribution in [1.29, 1.82) is 0 Å². The van der Waals surface area contributed by atoms with Gasteiger partial charge in [0.25, 0.3) is 6.71 Å². The predicted molar refractivity (Wildman–Crippen MR) is 352 cm³/mol. The highest BCUT2D eigenvalue weighted by atomic mass is 15.3. The van der Waals surface area contributed by atoms with E-state index in [1.807, 2.05) is 0 Å².